The van der Waals surface area contributed by atoms with Crippen molar-refractivity contribution in [1.82, 2.24) is 23.7 Å². The van der Waals surface area contributed by atoms with Gasteiger partial charge in [0.25, 0.3) is 0 Å². The van der Waals surface area contributed by atoms with E-state index >= 15 is 26.3 Å². The summed E-state index contributed by atoms with van der Waals surface area (Å²) in [5.74, 6) is 0.0992. The van der Waals surface area contributed by atoms with Crippen molar-refractivity contribution in [3.8, 4) is 73.2 Å². The second-order valence-electron chi connectivity index (χ2n) is 20.7. The SMILES string of the molecule is FC(F)(F)c1ccccc1-c1cc(-c2nc(-c3ccccc3)cc(-c3ccccc3)n2)cc(-c2ccccc2C(F)(F)F)c1-n1c2ccc(-n3c4ccccc4c4ccccc43)cc2c2cc(-n3c4ccccc4c4ccccc43)ccc21. The first kappa shape index (κ1) is 49.5. The van der Waals surface area contributed by atoms with Crippen molar-refractivity contribution in [1.29, 1.82) is 0 Å². The lowest BCUT2D eigenvalue weighted by atomic mass is 9.88. The molecule has 0 atom stereocenters. The minimum Gasteiger partial charge on any atom is -0.309 e. The van der Waals surface area contributed by atoms with Gasteiger partial charge in [-0.15, -0.1) is 0 Å². The Hall–Kier alpha value is -10.5. The molecule has 11 heteroatoms. The summed E-state index contributed by atoms with van der Waals surface area (Å²) in [7, 11) is 0. The largest absolute Gasteiger partial charge is 0.417 e. The van der Waals surface area contributed by atoms with E-state index in [-0.39, 0.29) is 39.3 Å². The molecule has 0 saturated carbocycles. The van der Waals surface area contributed by atoms with Gasteiger partial charge in [0.05, 0.1) is 61.3 Å². The molecule has 15 rings (SSSR count). The van der Waals surface area contributed by atoms with Crippen molar-refractivity contribution in [3.63, 3.8) is 0 Å². The summed E-state index contributed by atoms with van der Waals surface area (Å²) >= 11 is 0. The van der Waals surface area contributed by atoms with Gasteiger partial charge in [0.2, 0.25) is 0 Å². The van der Waals surface area contributed by atoms with Crippen LogP contribution in [0.2, 0.25) is 0 Å². The highest BCUT2D eigenvalue weighted by Gasteiger charge is 2.38. The molecule has 0 fully saturated rings. The fourth-order valence-corrected chi connectivity index (χ4v) is 12.4. The highest BCUT2D eigenvalue weighted by atomic mass is 19.4. The fraction of sp³-hybridized carbons (Fsp3) is 0.0278. The van der Waals surface area contributed by atoms with Crippen LogP contribution in [0.4, 0.5) is 26.3 Å². The molecule has 0 aliphatic carbocycles. The molecule has 0 saturated heterocycles. The van der Waals surface area contributed by atoms with Gasteiger partial charge in [-0.3, -0.25) is 0 Å². The number of nitrogens with zero attached hydrogens (tertiary/aromatic N) is 5. The minimum absolute atomic E-state index is 0.00845. The van der Waals surface area contributed by atoms with Gasteiger partial charge in [-0.2, -0.15) is 26.3 Å². The third kappa shape index (κ3) is 8.17. The van der Waals surface area contributed by atoms with E-state index in [1.165, 1.54) is 36.4 Å². The Balaban J connectivity index is 1.11. The molecule has 15 aromatic rings. The molecule has 398 valence electrons. The third-order valence-electron chi connectivity index (χ3n) is 15.9. The zero-order chi connectivity index (χ0) is 56.1. The van der Waals surface area contributed by atoms with Crippen LogP contribution in [0.5, 0.6) is 0 Å². The summed E-state index contributed by atoms with van der Waals surface area (Å²) in [5, 5.41) is 5.62. The van der Waals surface area contributed by atoms with Crippen molar-refractivity contribution in [2.24, 2.45) is 0 Å². The maximum Gasteiger partial charge on any atom is 0.417 e. The predicted molar refractivity (Wildman–Crippen MR) is 322 cm³/mol. The number of rotatable bonds is 8. The molecule has 0 spiro atoms. The van der Waals surface area contributed by atoms with Crippen LogP contribution in [0.1, 0.15) is 11.1 Å². The second kappa shape index (κ2) is 19.1. The van der Waals surface area contributed by atoms with Crippen LogP contribution in [0.3, 0.4) is 0 Å². The number of hydrogen-bond acceptors (Lipinski definition) is 2. The van der Waals surface area contributed by atoms with Crippen molar-refractivity contribution < 1.29 is 26.3 Å². The predicted octanol–water partition coefficient (Wildman–Crippen LogP) is 20.1. The summed E-state index contributed by atoms with van der Waals surface area (Å²) in [4.78, 5) is 10.2. The van der Waals surface area contributed by atoms with E-state index in [2.05, 4.69) is 69.8 Å². The van der Waals surface area contributed by atoms with Crippen LogP contribution in [-0.2, 0) is 12.4 Å². The smallest absolute Gasteiger partial charge is 0.309 e. The Morgan fingerprint density at radius 3 is 0.988 bits per heavy atom. The average molecular weight is 1090 g/mol. The summed E-state index contributed by atoms with van der Waals surface area (Å²) in [6.45, 7) is 0. The number of hydrogen-bond donors (Lipinski definition) is 0. The summed E-state index contributed by atoms with van der Waals surface area (Å²) < 4.78 is 102. The van der Waals surface area contributed by atoms with Gasteiger partial charge in [-0.25, -0.2) is 9.97 Å². The first-order chi connectivity index (χ1) is 40.5. The van der Waals surface area contributed by atoms with Crippen LogP contribution < -0.4 is 0 Å². The van der Waals surface area contributed by atoms with Gasteiger partial charge in [0, 0.05) is 71.5 Å². The monoisotopic (exact) mass is 1090 g/mol. The number of aromatic nitrogens is 5. The summed E-state index contributed by atoms with van der Waals surface area (Å²) in [6, 6.07) is 78.9. The molecule has 4 heterocycles. The lowest BCUT2D eigenvalue weighted by Crippen LogP contribution is -2.11. The number of benzene rings is 11. The maximum atomic E-state index is 15.9. The Labute approximate surface area is 470 Å². The summed E-state index contributed by atoms with van der Waals surface area (Å²) in [5.41, 5.74) is 6.92. The number of alkyl halides is 6. The van der Waals surface area contributed by atoms with Gasteiger partial charge in [0.15, 0.2) is 5.82 Å². The molecule has 0 bridgehead atoms. The number of halogens is 6. The van der Waals surface area contributed by atoms with Crippen molar-refractivity contribution in [2.75, 3.05) is 0 Å². The van der Waals surface area contributed by atoms with Crippen LogP contribution >= 0.6 is 0 Å². The van der Waals surface area contributed by atoms with Crippen molar-refractivity contribution in [2.45, 2.75) is 12.4 Å². The van der Waals surface area contributed by atoms with Crippen LogP contribution in [0, 0.1) is 0 Å². The van der Waals surface area contributed by atoms with Gasteiger partial charge in [0.1, 0.15) is 0 Å². The molecule has 83 heavy (non-hydrogen) atoms. The molecular weight excluding hydrogens is 1050 g/mol. The van der Waals surface area contributed by atoms with Gasteiger partial charge in [-0.05, 0) is 102 Å². The first-order valence-corrected chi connectivity index (χ1v) is 27.0. The lowest BCUT2D eigenvalue weighted by molar-refractivity contribution is -0.137. The van der Waals surface area contributed by atoms with E-state index in [4.69, 9.17) is 9.97 Å². The molecule has 0 amide bonds. The van der Waals surface area contributed by atoms with Crippen molar-refractivity contribution in [3.05, 3.63) is 272 Å². The van der Waals surface area contributed by atoms with Crippen molar-refractivity contribution >= 4 is 65.4 Å². The van der Waals surface area contributed by atoms with E-state index < -0.39 is 23.5 Å². The zero-order valence-electron chi connectivity index (χ0n) is 43.8. The second-order valence-corrected chi connectivity index (χ2v) is 20.7. The first-order valence-electron chi connectivity index (χ1n) is 27.0. The van der Waals surface area contributed by atoms with Gasteiger partial charge in [-0.1, -0.05) is 170 Å². The standard InChI is InChI=1S/C72H43F6N5/c73-71(74,75)59-29-13-7-23-49(59)57-39-46(70-79-61(44-19-3-1-4-20-44)43-62(80-70)45-21-5-2-6-22-45)40-58(50-24-8-14-30-60(50)72(76,77)78)69(57)83-67-37-35-47(81-63-31-15-9-25-51(63)52-26-10-16-32-64(52)81)41-55(67)56-42-48(36-38-68(56)83)82-65-33-17-11-27-53(65)54-28-12-18-34-66(54)82/h1-43H. The maximum absolute atomic E-state index is 15.9. The molecule has 0 aliphatic rings. The zero-order valence-corrected chi connectivity index (χ0v) is 43.8. The Kier molecular flexibility index (Phi) is 11.4. The normalized spacial score (nSPS) is 12.2. The Bertz CT molecular complexity index is 4660. The molecule has 4 aromatic heterocycles. The van der Waals surface area contributed by atoms with E-state index in [0.29, 0.717) is 33.2 Å². The Morgan fingerprint density at radius 1 is 0.265 bits per heavy atom. The topological polar surface area (TPSA) is 40.6 Å². The van der Waals surface area contributed by atoms with Crippen LogP contribution in [0.15, 0.2) is 261 Å². The lowest BCUT2D eigenvalue weighted by Gasteiger charge is -2.24. The molecule has 11 aromatic carbocycles. The quantitative estimate of drug-likeness (QED) is 0.142. The molecule has 0 aliphatic heterocycles. The fourth-order valence-electron chi connectivity index (χ4n) is 12.4. The highest BCUT2D eigenvalue weighted by molar-refractivity contribution is 6.15. The van der Waals surface area contributed by atoms with E-state index in [1.54, 1.807) is 12.1 Å². The van der Waals surface area contributed by atoms with E-state index in [1.807, 2.05) is 144 Å². The molecule has 5 nitrogen and oxygen atoms in total. The van der Waals surface area contributed by atoms with Gasteiger partial charge < -0.3 is 13.7 Å². The third-order valence-corrected chi connectivity index (χ3v) is 15.9. The minimum atomic E-state index is -4.90. The summed E-state index contributed by atoms with van der Waals surface area (Å²) in [6.07, 6.45) is -9.79. The van der Waals surface area contributed by atoms with Gasteiger partial charge >= 0.3 is 12.4 Å². The molecule has 0 N–H and O–H groups in total. The van der Waals surface area contributed by atoms with E-state index in [9.17, 15) is 0 Å². The van der Waals surface area contributed by atoms with E-state index in [0.717, 1.165) is 78.2 Å². The molecule has 0 radical (unpaired) electrons. The molecular formula is C72H43F6N5. The van der Waals surface area contributed by atoms with Crippen LogP contribution in [0.25, 0.3) is 139 Å². The Morgan fingerprint density at radius 2 is 0.602 bits per heavy atom. The van der Waals surface area contributed by atoms with Crippen LogP contribution in [-0.4, -0.2) is 23.7 Å². The highest BCUT2D eigenvalue weighted by Crippen LogP contribution is 2.50. The number of fused-ring (bicyclic) bond motifs is 9. The molecule has 0 unspecified atom stereocenters. The number of para-hydroxylation sites is 4. The average Bonchev–Trinajstić information content (AvgIpc) is 3.19.